The quantitative estimate of drug-likeness (QED) is 0.446. The summed E-state index contributed by atoms with van der Waals surface area (Å²) in [5.74, 6) is 0.780. The maximum atomic E-state index is 6.30. The van der Waals surface area contributed by atoms with Gasteiger partial charge in [0.1, 0.15) is 9.98 Å². The highest BCUT2D eigenvalue weighted by Gasteiger charge is 2.23. The first-order valence-corrected chi connectivity index (χ1v) is 8.12. The Labute approximate surface area is 114 Å². The Kier molecular flexibility index (Phi) is 3.05. The molecule has 2 aromatic heterocycles. The summed E-state index contributed by atoms with van der Waals surface area (Å²) >= 11 is 9.64. The number of hydrogen-bond donors (Lipinski definition) is 0. The monoisotopic (exact) mass is 284 g/mol. The molecular formula is C12H13ClN2S2. The van der Waals surface area contributed by atoms with Crippen LogP contribution in [-0.2, 0) is 12.8 Å². The van der Waals surface area contributed by atoms with Crippen LogP contribution in [0.15, 0.2) is 5.16 Å². The zero-order chi connectivity index (χ0) is 12.0. The van der Waals surface area contributed by atoms with E-state index in [2.05, 4.69) is 16.9 Å². The van der Waals surface area contributed by atoms with E-state index < -0.39 is 0 Å². The van der Waals surface area contributed by atoms with Crippen molar-refractivity contribution in [1.82, 2.24) is 9.97 Å². The summed E-state index contributed by atoms with van der Waals surface area (Å²) in [7, 11) is 0. The van der Waals surface area contributed by atoms with E-state index in [9.17, 15) is 0 Å². The molecule has 2 nitrogen and oxygen atoms in total. The van der Waals surface area contributed by atoms with Gasteiger partial charge in [0.05, 0.1) is 5.39 Å². The van der Waals surface area contributed by atoms with Crippen LogP contribution in [0, 0.1) is 5.92 Å². The van der Waals surface area contributed by atoms with Gasteiger partial charge < -0.3 is 0 Å². The Morgan fingerprint density at radius 2 is 2.24 bits per heavy atom. The number of hydrogen-bond acceptors (Lipinski definition) is 4. The summed E-state index contributed by atoms with van der Waals surface area (Å²) in [5.41, 5.74) is 1.40. The minimum Gasteiger partial charge on any atom is -0.211 e. The average Bonchev–Trinajstić information content (AvgIpc) is 2.66. The smallest absolute Gasteiger partial charge is 0.190 e. The largest absolute Gasteiger partial charge is 0.211 e. The van der Waals surface area contributed by atoms with Crippen LogP contribution in [0.1, 0.15) is 23.8 Å². The zero-order valence-corrected chi connectivity index (χ0v) is 12.2. The predicted octanol–water partition coefficient (Wildman–Crippen LogP) is 4.19. The van der Waals surface area contributed by atoms with Gasteiger partial charge in [-0.1, -0.05) is 30.3 Å². The fourth-order valence-electron chi connectivity index (χ4n) is 2.37. The fraction of sp³-hybridized carbons (Fsp3) is 0.500. The minimum atomic E-state index is 0.631. The third-order valence-electron chi connectivity index (χ3n) is 3.27. The summed E-state index contributed by atoms with van der Waals surface area (Å²) < 4.78 is 0. The fourth-order valence-corrected chi connectivity index (χ4v) is 4.57. The van der Waals surface area contributed by atoms with Gasteiger partial charge >= 0.3 is 0 Å². The van der Waals surface area contributed by atoms with Gasteiger partial charge in [-0.25, -0.2) is 9.97 Å². The Balaban J connectivity index is 2.24. The van der Waals surface area contributed by atoms with Gasteiger partial charge in [-0.3, -0.25) is 0 Å². The van der Waals surface area contributed by atoms with Crippen LogP contribution in [-0.4, -0.2) is 16.2 Å². The van der Waals surface area contributed by atoms with E-state index in [0.29, 0.717) is 5.15 Å². The van der Waals surface area contributed by atoms with Crippen LogP contribution in [0.4, 0.5) is 0 Å². The number of aryl methyl sites for hydroxylation is 1. The lowest BCUT2D eigenvalue weighted by molar-refractivity contribution is 0.509. The van der Waals surface area contributed by atoms with E-state index in [1.165, 1.54) is 23.3 Å². The Hall–Kier alpha value is -0.320. The molecule has 0 N–H and O–H groups in total. The predicted molar refractivity (Wildman–Crippen MR) is 75.4 cm³/mol. The van der Waals surface area contributed by atoms with Gasteiger partial charge in [0.15, 0.2) is 5.16 Å². The first kappa shape index (κ1) is 11.8. The van der Waals surface area contributed by atoms with Gasteiger partial charge in [-0.15, -0.1) is 11.3 Å². The number of halogens is 1. The maximum absolute atomic E-state index is 6.30. The molecule has 90 valence electrons. The lowest BCUT2D eigenvalue weighted by atomic mass is 9.89. The van der Waals surface area contributed by atoms with E-state index in [4.69, 9.17) is 11.6 Å². The second-order valence-corrected chi connectivity index (χ2v) is 6.75. The van der Waals surface area contributed by atoms with Crippen LogP contribution >= 0.6 is 34.7 Å². The average molecular weight is 285 g/mol. The SMILES string of the molecule is CSc1nc(Cl)c2c3c(sc2n1)CC(C)CC3. The van der Waals surface area contributed by atoms with Crippen molar-refractivity contribution in [1.29, 1.82) is 0 Å². The van der Waals surface area contributed by atoms with E-state index in [-0.39, 0.29) is 0 Å². The van der Waals surface area contributed by atoms with Gasteiger partial charge in [0.25, 0.3) is 0 Å². The molecule has 0 saturated heterocycles. The molecular weight excluding hydrogens is 272 g/mol. The zero-order valence-electron chi connectivity index (χ0n) is 9.79. The topological polar surface area (TPSA) is 25.8 Å². The highest BCUT2D eigenvalue weighted by atomic mass is 35.5. The summed E-state index contributed by atoms with van der Waals surface area (Å²) in [6.45, 7) is 2.31. The van der Waals surface area contributed by atoms with Crippen molar-refractivity contribution in [3.05, 3.63) is 15.6 Å². The van der Waals surface area contributed by atoms with Crippen molar-refractivity contribution in [3.8, 4) is 0 Å². The summed E-state index contributed by atoms with van der Waals surface area (Å²) in [6, 6.07) is 0. The first-order chi connectivity index (χ1) is 8.19. The van der Waals surface area contributed by atoms with Crippen LogP contribution < -0.4 is 0 Å². The molecule has 5 heteroatoms. The van der Waals surface area contributed by atoms with Crippen molar-refractivity contribution < 1.29 is 0 Å². The van der Waals surface area contributed by atoms with E-state index in [0.717, 1.165) is 27.7 Å². The molecule has 3 rings (SSSR count). The second kappa shape index (κ2) is 4.41. The molecule has 0 aromatic carbocycles. The van der Waals surface area contributed by atoms with Crippen molar-refractivity contribution in [2.75, 3.05) is 6.26 Å². The van der Waals surface area contributed by atoms with Gasteiger partial charge in [-0.2, -0.15) is 0 Å². The highest BCUT2D eigenvalue weighted by molar-refractivity contribution is 7.98. The molecule has 17 heavy (non-hydrogen) atoms. The molecule has 2 heterocycles. The lowest BCUT2D eigenvalue weighted by Gasteiger charge is -2.17. The number of rotatable bonds is 1. The number of thioether (sulfide) groups is 1. The minimum absolute atomic E-state index is 0.631. The number of thiophene rings is 1. The van der Waals surface area contributed by atoms with Crippen molar-refractivity contribution in [3.63, 3.8) is 0 Å². The molecule has 0 fully saturated rings. The van der Waals surface area contributed by atoms with Gasteiger partial charge in [0, 0.05) is 4.88 Å². The van der Waals surface area contributed by atoms with Crippen LogP contribution in [0.5, 0.6) is 0 Å². The number of aromatic nitrogens is 2. The lowest BCUT2D eigenvalue weighted by Crippen LogP contribution is -2.08. The van der Waals surface area contributed by atoms with Crippen LogP contribution in [0.3, 0.4) is 0 Å². The molecule has 0 amide bonds. The van der Waals surface area contributed by atoms with Crippen molar-refractivity contribution in [2.24, 2.45) is 5.92 Å². The molecule has 0 bridgehead atoms. The van der Waals surface area contributed by atoms with E-state index >= 15 is 0 Å². The molecule has 1 aliphatic carbocycles. The molecule has 0 aliphatic heterocycles. The molecule has 0 spiro atoms. The molecule has 1 atom stereocenters. The molecule has 1 unspecified atom stereocenters. The van der Waals surface area contributed by atoms with Crippen LogP contribution in [0.2, 0.25) is 5.15 Å². The number of fused-ring (bicyclic) bond motifs is 3. The Morgan fingerprint density at radius 1 is 1.41 bits per heavy atom. The van der Waals surface area contributed by atoms with E-state index in [1.54, 1.807) is 23.1 Å². The summed E-state index contributed by atoms with van der Waals surface area (Å²) in [4.78, 5) is 11.4. The third kappa shape index (κ3) is 1.96. The first-order valence-electron chi connectivity index (χ1n) is 5.70. The van der Waals surface area contributed by atoms with Gasteiger partial charge in [-0.05, 0) is 37.0 Å². The van der Waals surface area contributed by atoms with Crippen LogP contribution in [0.25, 0.3) is 10.2 Å². The second-order valence-electron chi connectivity index (χ2n) is 4.53. The summed E-state index contributed by atoms with van der Waals surface area (Å²) in [5, 5.41) is 2.51. The Morgan fingerprint density at radius 3 is 3.00 bits per heavy atom. The third-order valence-corrected chi connectivity index (χ3v) is 5.24. The standard InChI is InChI=1S/C12H13ClN2S2/c1-6-3-4-7-8(5-6)17-11-9(7)10(13)14-12(15-11)16-2/h6H,3-5H2,1-2H3. The Bertz CT molecular complexity index is 579. The maximum Gasteiger partial charge on any atom is 0.190 e. The van der Waals surface area contributed by atoms with Crippen molar-refractivity contribution >= 4 is 44.9 Å². The molecule has 2 aromatic rings. The molecule has 1 aliphatic rings. The van der Waals surface area contributed by atoms with Gasteiger partial charge in [0.2, 0.25) is 0 Å². The molecule has 0 saturated carbocycles. The highest BCUT2D eigenvalue weighted by Crippen LogP contribution is 2.40. The molecule has 0 radical (unpaired) electrons. The normalized spacial score (nSPS) is 19.6. The van der Waals surface area contributed by atoms with Crippen molar-refractivity contribution in [2.45, 2.75) is 31.3 Å². The van der Waals surface area contributed by atoms with E-state index in [1.807, 2.05) is 6.26 Å². The number of nitrogens with zero attached hydrogens (tertiary/aromatic N) is 2. The summed E-state index contributed by atoms with van der Waals surface area (Å²) in [6.07, 6.45) is 5.52.